The summed E-state index contributed by atoms with van der Waals surface area (Å²) in [6.45, 7) is 0. The SMILES string of the molecule is FC(F)(P)CC1=CCCC=C1. The highest BCUT2D eigenvalue weighted by molar-refractivity contribution is 7.18. The molecular weight excluding hydrogens is 165 g/mol. The molecule has 0 saturated heterocycles. The van der Waals surface area contributed by atoms with Gasteiger partial charge >= 0.3 is 0 Å². The van der Waals surface area contributed by atoms with Gasteiger partial charge < -0.3 is 0 Å². The normalized spacial score (nSPS) is 18.3. The van der Waals surface area contributed by atoms with E-state index >= 15 is 0 Å². The molecule has 0 nitrogen and oxygen atoms in total. The van der Waals surface area contributed by atoms with Crippen LogP contribution >= 0.6 is 9.24 Å². The van der Waals surface area contributed by atoms with E-state index in [4.69, 9.17) is 0 Å². The number of halogens is 2. The van der Waals surface area contributed by atoms with Crippen LogP contribution in [0, 0.1) is 0 Å². The van der Waals surface area contributed by atoms with Crippen LogP contribution in [0.1, 0.15) is 19.3 Å². The molecule has 0 aliphatic heterocycles. The second-order valence-corrected chi connectivity index (χ2v) is 3.54. The maximum absolute atomic E-state index is 12.4. The highest BCUT2D eigenvalue weighted by Gasteiger charge is 2.22. The molecule has 0 aromatic carbocycles. The van der Waals surface area contributed by atoms with Crippen molar-refractivity contribution in [2.45, 2.75) is 24.9 Å². The van der Waals surface area contributed by atoms with Crippen molar-refractivity contribution >= 4 is 9.24 Å². The Labute approximate surface area is 67.6 Å². The lowest BCUT2D eigenvalue weighted by molar-refractivity contribution is 0.106. The summed E-state index contributed by atoms with van der Waals surface area (Å²) < 4.78 is 24.8. The van der Waals surface area contributed by atoms with Gasteiger partial charge in [-0.15, -0.1) is 0 Å². The first-order chi connectivity index (χ1) is 5.08. The predicted molar refractivity (Wildman–Crippen MR) is 45.7 cm³/mol. The summed E-state index contributed by atoms with van der Waals surface area (Å²) in [6, 6.07) is 0. The van der Waals surface area contributed by atoms with Gasteiger partial charge in [0.05, 0.1) is 0 Å². The number of allylic oxidation sites excluding steroid dienone is 4. The summed E-state index contributed by atoms with van der Waals surface area (Å²) in [6.07, 6.45) is 7.30. The Morgan fingerprint density at radius 1 is 1.45 bits per heavy atom. The van der Waals surface area contributed by atoms with Crippen molar-refractivity contribution in [3.05, 3.63) is 23.8 Å². The second-order valence-electron chi connectivity index (χ2n) is 2.70. The van der Waals surface area contributed by atoms with Crippen LogP contribution in [-0.4, -0.2) is 5.66 Å². The van der Waals surface area contributed by atoms with Crippen molar-refractivity contribution in [1.82, 2.24) is 0 Å². The molecule has 0 aromatic rings. The van der Waals surface area contributed by atoms with Crippen LogP contribution in [0.2, 0.25) is 0 Å². The third-order valence-electron chi connectivity index (χ3n) is 1.51. The van der Waals surface area contributed by atoms with Crippen molar-refractivity contribution in [3.63, 3.8) is 0 Å². The van der Waals surface area contributed by atoms with E-state index in [0.29, 0.717) is 0 Å². The fraction of sp³-hybridized carbons (Fsp3) is 0.500. The average molecular weight is 176 g/mol. The quantitative estimate of drug-likeness (QED) is 0.567. The second kappa shape index (κ2) is 3.44. The largest absolute Gasteiger partial charge is 0.262 e. The Morgan fingerprint density at radius 2 is 2.18 bits per heavy atom. The molecule has 11 heavy (non-hydrogen) atoms. The van der Waals surface area contributed by atoms with E-state index in [1.807, 2.05) is 12.2 Å². The number of rotatable bonds is 2. The molecule has 62 valence electrons. The van der Waals surface area contributed by atoms with E-state index < -0.39 is 5.66 Å². The molecule has 1 unspecified atom stereocenters. The molecule has 0 spiro atoms. The zero-order valence-corrected chi connectivity index (χ0v) is 7.34. The smallest absolute Gasteiger partial charge is 0.202 e. The molecule has 0 amide bonds. The zero-order chi connectivity index (χ0) is 8.32. The number of alkyl halides is 2. The minimum absolute atomic E-state index is 0.159. The van der Waals surface area contributed by atoms with Gasteiger partial charge in [0.15, 0.2) is 0 Å². The molecule has 0 heterocycles. The average Bonchev–Trinajstić information content (AvgIpc) is 1.85. The van der Waals surface area contributed by atoms with Gasteiger partial charge in [-0.25, -0.2) is 8.78 Å². The first-order valence-electron chi connectivity index (χ1n) is 3.60. The van der Waals surface area contributed by atoms with Crippen LogP contribution < -0.4 is 0 Å². The summed E-state index contributed by atoms with van der Waals surface area (Å²) in [7, 11) is 1.56. The molecule has 1 aliphatic rings. The Hall–Kier alpha value is -0.230. The van der Waals surface area contributed by atoms with Crippen LogP contribution in [0.5, 0.6) is 0 Å². The molecular formula is C8H11F2P. The Balaban J connectivity index is 2.49. The van der Waals surface area contributed by atoms with Crippen LogP contribution in [0.3, 0.4) is 0 Å². The maximum Gasteiger partial charge on any atom is 0.262 e. The van der Waals surface area contributed by atoms with Crippen LogP contribution in [-0.2, 0) is 0 Å². The number of hydrogen-bond donors (Lipinski definition) is 0. The highest BCUT2D eigenvalue weighted by Crippen LogP contribution is 2.31. The van der Waals surface area contributed by atoms with Crippen molar-refractivity contribution < 1.29 is 8.78 Å². The monoisotopic (exact) mass is 176 g/mol. The lowest BCUT2D eigenvalue weighted by Gasteiger charge is -2.12. The minimum Gasteiger partial charge on any atom is -0.202 e. The van der Waals surface area contributed by atoms with Gasteiger partial charge in [-0.3, -0.25) is 0 Å². The van der Waals surface area contributed by atoms with Gasteiger partial charge in [0, 0.05) is 6.42 Å². The molecule has 1 rings (SSSR count). The summed E-state index contributed by atoms with van der Waals surface area (Å²) in [5, 5.41) is 0. The lowest BCUT2D eigenvalue weighted by atomic mass is 10.0. The fourth-order valence-electron chi connectivity index (χ4n) is 1.07. The van der Waals surface area contributed by atoms with Crippen molar-refractivity contribution in [2.24, 2.45) is 0 Å². The fourth-order valence-corrected chi connectivity index (χ4v) is 1.31. The van der Waals surface area contributed by atoms with E-state index in [0.717, 1.165) is 18.4 Å². The molecule has 0 fully saturated rings. The number of hydrogen-bond acceptors (Lipinski definition) is 0. The van der Waals surface area contributed by atoms with Gasteiger partial charge in [0.2, 0.25) is 0 Å². The molecule has 0 saturated carbocycles. The third-order valence-corrected chi connectivity index (χ3v) is 1.72. The minimum atomic E-state index is -2.65. The molecule has 0 radical (unpaired) electrons. The molecule has 0 bridgehead atoms. The van der Waals surface area contributed by atoms with Crippen LogP contribution in [0.15, 0.2) is 23.8 Å². The summed E-state index contributed by atoms with van der Waals surface area (Å²) in [4.78, 5) is 0. The Bertz CT molecular complexity index is 189. The summed E-state index contributed by atoms with van der Waals surface area (Å²) in [5.74, 6) is 0. The van der Waals surface area contributed by atoms with Crippen molar-refractivity contribution in [3.8, 4) is 0 Å². The van der Waals surface area contributed by atoms with Gasteiger partial charge in [0.25, 0.3) is 5.66 Å². The van der Waals surface area contributed by atoms with Gasteiger partial charge in [-0.2, -0.15) is 0 Å². The van der Waals surface area contributed by atoms with E-state index in [2.05, 4.69) is 0 Å². The molecule has 1 aliphatic carbocycles. The van der Waals surface area contributed by atoms with Crippen LogP contribution in [0.4, 0.5) is 8.78 Å². The third kappa shape index (κ3) is 3.62. The molecule has 3 heteroatoms. The van der Waals surface area contributed by atoms with Crippen LogP contribution in [0.25, 0.3) is 0 Å². The topological polar surface area (TPSA) is 0 Å². The molecule has 0 N–H and O–H groups in total. The molecule has 0 aromatic heterocycles. The Kier molecular flexibility index (Phi) is 2.78. The van der Waals surface area contributed by atoms with E-state index in [9.17, 15) is 8.78 Å². The van der Waals surface area contributed by atoms with Gasteiger partial charge in [-0.05, 0) is 18.4 Å². The zero-order valence-electron chi connectivity index (χ0n) is 6.19. The van der Waals surface area contributed by atoms with Gasteiger partial charge in [-0.1, -0.05) is 27.5 Å². The van der Waals surface area contributed by atoms with Gasteiger partial charge in [0.1, 0.15) is 0 Å². The predicted octanol–water partition coefficient (Wildman–Crippen LogP) is 3.12. The summed E-state index contributed by atoms with van der Waals surface area (Å²) >= 11 is 0. The summed E-state index contributed by atoms with van der Waals surface area (Å²) in [5.41, 5.74) is -1.90. The maximum atomic E-state index is 12.4. The van der Waals surface area contributed by atoms with E-state index in [-0.39, 0.29) is 6.42 Å². The Morgan fingerprint density at radius 3 is 2.64 bits per heavy atom. The van der Waals surface area contributed by atoms with Crippen molar-refractivity contribution in [2.75, 3.05) is 0 Å². The van der Waals surface area contributed by atoms with E-state index in [1.54, 1.807) is 15.3 Å². The highest BCUT2D eigenvalue weighted by atomic mass is 31.0. The lowest BCUT2D eigenvalue weighted by Crippen LogP contribution is -2.05. The molecule has 1 atom stereocenters. The van der Waals surface area contributed by atoms with Crippen molar-refractivity contribution in [1.29, 1.82) is 0 Å². The first-order valence-corrected chi connectivity index (χ1v) is 4.18. The first kappa shape index (κ1) is 8.86. The standard InChI is InChI=1S/C8H11F2P/c9-8(10,11)6-7-4-2-1-3-5-7/h2,4-5H,1,3,6,11H2. The van der Waals surface area contributed by atoms with E-state index in [1.165, 1.54) is 0 Å².